The number of rotatable bonds is 1. The molecule has 1 N–H and O–H groups in total. The predicted molar refractivity (Wildman–Crippen MR) is 32.7 cm³/mol. The first-order valence-corrected chi connectivity index (χ1v) is 3.13. The van der Waals surface area contributed by atoms with Gasteiger partial charge in [0.25, 0.3) is 0 Å². The van der Waals surface area contributed by atoms with Crippen molar-refractivity contribution in [1.29, 1.82) is 0 Å². The molecule has 0 radical (unpaired) electrons. The molecule has 0 amide bonds. The van der Waals surface area contributed by atoms with Crippen LogP contribution in [-0.2, 0) is 23.9 Å². The van der Waals surface area contributed by atoms with E-state index in [1.807, 2.05) is 0 Å². The van der Waals surface area contributed by atoms with Gasteiger partial charge in [-0.3, -0.25) is 4.79 Å². The van der Waals surface area contributed by atoms with Gasteiger partial charge in [-0.25, -0.2) is 9.59 Å². The second-order valence-corrected chi connectivity index (χ2v) is 2.22. The number of esters is 3. The first kappa shape index (κ1) is 8.66. The molecule has 1 aliphatic rings. The number of aliphatic hydroxyl groups is 1. The van der Waals surface area contributed by atoms with Gasteiger partial charge in [0.15, 0.2) is 0 Å². The second kappa shape index (κ2) is 2.90. The summed E-state index contributed by atoms with van der Waals surface area (Å²) in [6.07, 6.45) is -3.20. The van der Waals surface area contributed by atoms with Crippen molar-refractivity contribution in [2.75, 3.05) is 0 Å². The zero-order chi connectivity index (χ0) is 9.30. The van der Waals surface area contributed by atoms with Gasteiger partial charge < -0.3 is 14.6 Å². The van der Waals surface area contributed by atoms with E-state index >= 15 is 0 Å². The lowest BCUT2D eigenvalue weighted by Gasteiger charge is -2.07. The molecule has 0 bridgehead atoms. The molecule has 0 aliphatic carbocycles. The molecule has 1 aliphatic heterocycles. The van der Waals surface area contributed by atoms with Crippen molar-refractivity contribution in [2.24, 2.45) is 0 Å². The highest BCUT2D eigenvalue weighted by Gasteiger charge is 2.45. The van der Waals surface area contributed by atoms with Crippen LogP contribution in [0, 0.1) is 0 Å². The van der Waals surface area contributed by atoms with E-state index in [2.05, 4.69) is 9.47 Å². The molecule has 0 spiro atoms. The summed E-state index contributed by atoms with van der Waals surface area (Å²) in [5, 5.41) is 8.90. The molecule has 1 heterocycles. The highest BCUT2D eigenvalue weighted by molar-refractivity contribution is 6.00. The maximum Gasteiger partial charge on any atom is 0.358 e. The predicted octanol–water partition coefficient (Wildman–Crippen LogP) is -1.64. The molecule has 2 atom stereocenters. The van der Waals surface area contributed by atoms with Gasteiger partial charge in [0.2, 0.25) is 12.2 Å². The summed E-state index contributed by atoms with van der Waals surface area (Å²) in [6, 6.07) is 0. The van der Waals surface area contributed by atoms with E-state index in [0.29, 0.717) is 0 Å². The minimum Gasteiger partial charge on any atom is -0.447 e. The maximum atomic E-state index is 10.7. The second-order valence-electron chi connectivity index (χ2n) is 2.22. The first-order valence-electron chi connectivity index (χ1n) is 3.13. The summed E-state index contributed by atoms with van der Waals surface area (Å²) >= 11 is 0. The van der Waals surface area contributed by atoms with Crippen LogP contribution in [0.15, 0.2) is 0 Å². The molecule has 12 heavy (non-hydrogen) atoms. The van der Waals surface area contributed by atoms with Crippen LogP contribution in [-0.4, -0.2) is 35.2 Å². The number of carbonyl (C=O) groups is 3. The van der Waals surface area contributed by atoms with E-state index in [4.69, 9.17) is 5.11 Å². The Hall–Kier alpha value is -1.43. The number of aliphatic hydroxyl groups excluding tert-OH is 1. The molecule has 1 fully saturated rings. The summed E-state index contributed by atoms with van der Waals surface area (Å²) in [7, 11) is 0. The third-order valence-corrected chi connectivity index (χ3v) is 1.25. The molecule has 0 aromatic rings. The lowest BCUT2D eigenvalue weighted by molar-refractivity contribution is -0.162. The van der Waals surface area contributed by atoms with Crippen molar-refractivity contribution in [3.8, 4) is 0 Å². The molecule has 1 saturated heterocycles. The Morgan fingerprint density at radius 1 is 1.50 bits per heavy atom. The Morgan fingerprint density at radius 3 is 2.42 bits per heavy atom. The molecule has 6 heteroatoms. The van der Waals surface area contributed by atoms with Crippen LogP contribution in [0.1, 0.15) is 6.92 Å². The standard InChI is InChI=1S/C6H6O6/c1-2(7)11-4-3(8)5(9)12-6(4)10/h3-4,8H,1H3/t3-,4-/m1/s1. The van der Waals surface area contributed by atoms with Crippen LogP contribution in [0.2, 0.25) is 0 Å². The van der Waals surface area contributed by atoms with Crippen molar-refractivity contribution in [1.82, 2.24) is 0 Å². The van der Waals surface area contributed by atoms with E-state index in [1.54, 1.807) is 0 Å². The average molecular weight is 174 g/mol. The topological polar surface area (TPSA) is 89.9 Å². The van der Waals surface area contributed by atoms with Crippen molar-refractivity contribution < 1.29 is 29.0 Å². The SMILES string of the molecule is CC(=O)O[C@H]1C(=O)OC(=O)[C@@H]1O. The van der Waals surface area contributed by atoms with E-state index in [9.17, 15) is 14.4 Å². The fraction of sp³-hybridized carbons (Fsp3) is 0.500. The summed E-state index contributed by atoms with van der Waals surface area (Å²) in [5.41, 5.74) is 0. The minimum absolute atomic E-state index is 0.759. The lowest BCUT2D eigenvalue weighted by atomic mass is 10.2. The zero-order valence-electron chi connectivity index (χ0n) is 6.14. The van der Waals surface area contributed by atoms with E-state index < -0.39 is 30.1 Å². The molecular weight excluding hydrogens is 168 g/mol. The molecule has 0 aromatic carbocycles. The van der Waals surface area contributed by atoms with E-state index in [1.165, 1.54) is 0 Å². The highest BCUT2D eigenvalue weighted by atomic mass is 16.6. The van der Waals surface area contributed by atoms with Crippen LogP contribution in [0.3, 0.4) is 0 Å². The van der Waals surface area contributed by atoms with Crippen LogP contribution in [0.25, 0.3) is 0 Å². The lowest BCUT2D eigenvalue weighted by Crippen LogP contribution is -2.33. The van der Waals surface area contributed by atoms with Gasteiger partial charge >= 0.3 is 17.9 Å². The maximum absolute atomic E-state index is 10.7. The third-order valence-electron chi connectivity index (χ3n) is 1.25. The zero-order valence-corrected chi connectivity index (χ0v) is 6.14. The molecule has 1 rings (SSSR count). The smallest absolute Gasteiger partial charge is 0.358 e. The number of ether oxygens (including phenoxy) is 2. The summed E-state index contributed by atoms with van der Waals surface area (Å²) in [5.74, 6) is -2.89. The third kappa shape index (κ3) is 1.42. The van der Waals surface area contributed by atoms with Crippen molar-refractivity contribution in [2.45, 2.75) is 19.1 Å². The Kier molecular flexibility index (Phi) is 2.09. The molecule has 0 aromatic heterocycles. The van der Waals surface area contributed by atoms with E-state index in [0.717, 1.165) is 6.92 Å². The van der Waals surface area contributed by atoms with Crippen LogP contribution in [0.5, 0.6) is 0 Å². The van der Waals surface area contributed by atoms with Gasteiger partial charge in [-0.2, -0.15) is 0 Å². The first-order chi connectivity index (χ1) is 5.52. The fourth-order valence-electron chi connectivity index (χ4n) is 0.761. The molecule has 6 nitrogen and oxygen atoms in total. The van der Waals surface area contributed by atoms with E-state index in [-0.39, 0.29) is 0 Å². The van der Waals surface area contributed by atoms with Gasteiger partial charge in [-0.05, 0) is 0 Å². The quantitative estimate of drug-likeness (QED) is 0.379. The molecule has 0 saturated carbocycles. The van der Waals surface area contributed by atoms with Gasteiger partial charge in [-0.1, -0.05) is 0 Å². The molecule has 0 unspecified atom stereocenters. The van der Waals surface area contributed by atoms with Gasteiger partial charge in [0.1, 0.15) is 0 Å². The van der Waals surface area contributed by atoms with Crippen LogP contribution in [0.4, 0.5) is 0 Å². The Labute approximate surface area is 67.1 Å². The summed E-state index contributed by atoms with van der Waals surface area (Å²) in [6.45, 7) is 1.06. The number of cyclic esters (lactones) is 2. The van der Waals surface area contributed by atoms with Gasteiger partial charge in [-0.15, -0.1) is 0 Å². The molecule has 66 valence electrons. The van der Waals surface area contributed by atoms with Crippen molar-refractivity contribution >= 4 is 17.9 Å². The average Bonchev–Trinajstić information content (AvgIpc) is 2.16. The molecular formula is C6H6O6. The fourth-order valence-corrected chi connectivity index (χ4v) is 0.761. The number of carbonyl (C=O) groups excluding carboxylic acids is 3. The Bertz CT molecular complexity index is 244. The van der Waals surface area contributed by atoms with Crippen molar-refractivity contribution in [3.63, 3.8) is 0 Å². The summed E-state index contributed by atoms with van der Waals surface area (Å²) in [4.78, 5) is 31.5. The Morgan fingerprint density at radius 2 is 2.08 bits per heavy atom. The van der Waals surface area contributed by atoms with Gasteiger partial charge in [0.05, 0.1) is 0 Å². The highest BCUT2D eigenvalue weighted by Crippen LogP contribution is 2.12. The largest absolute Gasteiger partial charge is 0.447 e. The number of hydrogen-bond acceptors (Lipinski definition) is 6. The van der Waals surface area contributed by atoms with Crippen LogP contribution < -0.4 is 0 Å². The number of hydrogen-bond donors (Lipinski definition) is 1. The van der Waals surface area contributed by atoms with Crippen molar-refractivity contribution in [3.05, 3.63) is 0 Å². The normalized spacial score (nSPS) is 28.5. The summed E-state index contributed by atoms with van der Waals surface area (Å²) < 4.78 is 8.30. The van der Waals surface area contributed by atoms with Gasteiger partial charge in [0, 0.05) is 6.92 Å². The van der Waals surface area contributed by atoms with Crippen LogP contribution >= 0.6 is 0 Å². The Balaban J connectivity index is 2.70. The monoisotopic (exact) mass is 174 g/mol. The minimum atomic E-state index is -1.69.